The van der Waals surface area contributed by atoms with E-state index < -0.39 is 5.91 Å². The summed E-state index contributed by atoms with van der Waals surface area (Å²) in [6.07, 6.45) is 1.82. The van der Waals surface area contributed by atoms with Gasteiger partial charge in [-0.25, -0.2) is 0 Å². The number of anilines is 1. The van der Waals surface area contributed by atoms with Gasteiger partial charge in [-0.05, 0) is 50.6 Å². The molecule has 8 nitrogen and oxygen atoms in total. The number of piperazine rings is 1. The molecule has 0 aliphatic carbocycles. The van der Waals surface area contributed by atoms with Crippen LogP contribution < -0.4 is 10.2 Å². The number of carbonyl (C=O) groups excluding carboxylic acids is 2. The molecule has 0 bridgehead atoms. The third-order valence-electron chi connectivity index (χ3n) is 6.42. The molecule has 1 unspecified atom stereocenters. The molecular formula is C27H35N5O3. The van der Waals surface area contributed by atoms with Gasteiger partial charge in [0, 0.05) is 63.3 Å². The molecule has 1 atom stereocenters. The minimum Gasteiger partial charge on any atom is -0.383 e. The van der Waals surface area contributed by atoms with Crippen LogP contribution in [0.5, 0.6) is 0 Å². The predicted molar refractivity (Wildman–Crippen MR) is 137 cm³/mol. The van der Waals surface area contributed by atoms with Gasteiger partial charge in [-0.2, -0.15) is 5.26 Å². The maximum absolute atomic E-state index is 12.6. The molecule has 1 saturated heterocycles. The smallest absolute Gasteiger partial charge is 0.261 e. The number of methoxy groups -OCH3 is 1. The lowest BCUT2D eigenvalue weighted by Gasteiger charge is -2.36. The van der Waals surface area contributed by atoms with Gasteiger partial charge >= 0.3 is 0 Å². The summed E-state index contributed by atoms with van der Waals surface area (Å²) in [6, 6.07) is 14.3. The summed E-state index contributed by atoms with van der Waals surface area (Å²) in [5.74, 6) is -0.458. The van der Waals surface area contributed by atoms with Crippen LogP contribution in [0.4, 0.5) is 5.69 Å². The number of amides is 2. The van der Waals surface area contributed by atoms with Crippen LogP contribution >= 0.6 is 0 Å². The molecule has 0 saturated carbocycles. The van der Waals surface area contributed by atoms with Crippen LogP contribution in [0.3, 0.4) is 0 Å². The van der Waals surface area contributed by atoms with E-state index in [1.54, 1.807) is 13.2 Å². The summed E-state index contributed by atoms with van der Waals surface area (Å²) in [5.41, 5.74) is 4.01. The number of nitrogens with one attached hydrogen (secondary N) is 1. The molecule has 186 valence electrons. The van der Waals surface area contributed by atoms with E-state index in [0.29, 0.717) is 19.7 Å². The Balaban J connectivity index is 1.52. The summed E-state index contributed by atoms with van der Waals surface area (Å²) < 4.78 is 7.40. The topological polar surface area (TPSA) is 90.6 Å². The lowest BCUT2D eigenvalue weighted by molar-refractivity contribution is -0.131. The molecule has 2 heterocycles. The molecular weight excluding hydrogens is 442 g/mol. The number of hydrogen-bond donors (Lipinski definition) is 1. The van der Waals surface area contributed by atoms with E-state index in [9.17, 15) is 14.9 Å². The van der Waals surface area contributed by atoms with E-state index in [0.717, 1.165) is 35.7 Å². The average Bonchev–Trinajstić information content (AvgIpc) is 3.15. The van der Waals surface area contributed by atoms with Crippen LogP contribution in [0, 0.1) is 25.2 Å². The van der Waals surface area contributed by atoms with E-state index in [4.69, 9.17) is 4.74 Å². The van der Waals surface area contributed by atoms with Gasteiger partial charge in [0.2, 0.25) is 5.91 Å². The minimum absolute atomic E-state index is 0.0103. The van der Waals surface area contributed by atoms with Crippen LogP contribution in [-0.2, 0) is 14.3 Å². The Kier molecular flexibility index (Phi) is 9.10. The lowest BCUT2D eigenvalue weighted by atomic mass is 10.1. The van der Waals surface area contributed by atoms with E-state index in [1.807, 2.05) is 49.1 Å². The molecule has 2 amide bonds. The van der Waals surface area contributed by atoms with Crippen LogP contribution in [0.25, 0.3) is 6.08 Å². The second kappa shape index (κ2) is 12.2. The van der Waals surface area contributed by atoms with E-state index in [-0.39, 0.29) is 30.5 Å². The Morgan fingerprint density at radius 1 is 1.17 bits per heavy atom. The third-order valence-corrected chi connectivity index (χ3v) is 6.42. The van der Waals surface area contributed by atoms with Crippen molar-refractivity contribution < 1.29 is 14.3 Å². The van der Waals surface area contributed by atoms with Crippen molar-refractivity contribution >= 4 is 23.6 Å². The van der Waals surface area contributed by atoms with Crippen molar-refractivity contribution in [3.8, 4) is 6.07 Å². The molecule has 35 heavy (non-hydrogen) atoms. The number of nitriles is 1. The van der Waals surface area contributed by atoms with Gasteiger partial charge in [-0.1, -0.05) is 18.2 Å². The van der Waals surface area contributed by atoms with Crippen LogP contribution in [0.2, 0.25) is 0 Å². The standard InChI is InChI=1S/C27H35N5O3/c1-20-16-23(22(3)32(20)21(2)19-35-4)17-24(18-28)27(34)29-11-10-26(33)31-14-12-30(13-15-31)25-8-6-5-7-9-25/h5-9,16-17,21H,10-15,19H2,1-4H3,(H,29,34)/b24-17-. The number of rotatable bonds is 9. The normalized spacial score (nSPS) is 15.0. The molecule has 1 aliphatic heterocycles. The molecule has 1 aromatic heterocycles. The van der Waals surface area contributed by atoms with Gasteiger partial charge in [-0.3, -0.25) is 9.59 Å². The Morgan fingerprint density at radius 2 is 1.86 bits per heavy atom. The maximum atomic E-state index is 12.6. The first-order valence-corrected chi connectivity index (χ1v) is 12.0. The van der Waals surface area contributed by atoms with Gasteiger partial charge in [0.25, 0.3) is 5.91 Å². The Bertz CT molecular complexity index is 1090. The molecule has 0 spiro atoms. The zero-order valence-corrected chi connectivity index (χ0v) is 21.1. The second-order valence-corrected chi connectivity index (χ2v) is 8.88. The van der Waals surface area contributed by atoms with Crippen molar-refractivity contribution in [2.24, 2.45) is 0 Å². The summed E-state index contributed by atoms with van der Waals surface area (Å²) in [4.78, 5) is 29.3. The molecule has 1 aliphatic rings. The first kappa shape index (κ1) is 26.0. The molecule has 1 N–H and O–H groups in total. The number of aromatic nitrogens is 1. The van der Waals surface area contributed by atoms with Crippen molar-refractivity contribution in [2.75, 3.05) is 51.3 Å². The number of nitrogens with zero attached hydrogens (tertiary/aromatic N) is 4. The lowest BCUT2D eigenvalue weighted by Crippen LogP contribution is -2.49. The van der Waals surface area contributed by atoms with Gasteiger partial charge < -0.3 is 24.4 Å². The zero-order chi connectivity index (χ0) is 25.4. The molecule has 1 fully saturated rings. The van der Waals surface area contributed by atoms with Crippen LogP contribution in [0.15, 0.2) is 42.0 Å². The zero-order valence-electron chi connectivity index (χ0n) is 21.1. The number of benzene rings is 1. The summed E-state index contributed by atoms with van der Waals surface area (Å²) >= 11 is 0. The number of ether oxygens (including phenoxy) is 1. The Hall–Kier alpha value is -3.57. The van der Waals surface area contributed by atoms with Crippen molar-refractivity contribution in [3.63, 3.8) is 0 Å². The fourth-order valence-electron chi connectivity index (χ4n) is 4.64. The van der Waals surface area contributed by atoms with Crippen molar-refractivity contribution in [1.82, 2.24) is 14.8 Å². The highest BCUT2D eigenvalue weighted by Gasteiger charge is 2.21. The SMILES string of the molecule is COCC(C)n1c(C)cc(/C=C(/C#N)C(=O)NCCC(=O)N2CCN(c3ccccc3)CC2)c1C. The largest absolute Gasteiger partial charge is 0.383 e. The predicted octanol–water partition coefficient (Wildman–Crippen LogP) is 3.07. The van der Waals surface area contributed by atoms with Crippen LogP contribution in [0.1, 0.15) is 36.3 Å². The molecule has 1 aromatic carbocycles. The highest BCUT2D eigenvalue weighted by molar-refractivity contribution is 6.02. The summed E-state index contributed by atoms with van der Waals surface area (Å²) in [6.45, 7) is 9.66. The van der Waals surface area contributed by atoms with Crippen molar-refractivity contribution in [3.05, 3.63) is 58.9 Å². The van der Waals surface area contributed by atoms with Crippen LogP contribution in [-0.4, -0.2) is 67.7 Å². The molecule has 0 radical (unpaired) electrons. The molecule has 8 heteroatoms. The summed E-state index contributed by atoms with van der Waals surface area (Å²) in [7, 11) is 1.67. The van der Waals surface area contributed by atoms with E-state index in [1.165, 1.54) is 0 Å². The third kappa shape index (κ3) is 6.52. The fourth-order valence-corrected chi connectivity index (χ4v) is 4.64. The highest BCUT2D eigenvalue weighted by Crippen LogP contribution is 2.23. The minimum atomic E-state index is -0.469. The molecule has 3 rings (SSSR count). The summed E-state index contributed by atoms with van der Waals surface area (Å²) in [5, 5.41) is 12.3. The fraction of sp³-hybridized carbons (Fsp3) is 0.444. The highest BCUT2D eigenvalue weighted by atomic mass is 16.5. The van der Waals surface area contributed by atoms with Gasteiger partial charge in [-0.15, -0.1) is 0 Å². The van der Waals surface area contributed by atoms with Gasteiger partial charge in [0.05, 0.1) is 12.6 Å². The quantitative estimate of drug-likeness (QED) is 0.443. The average molecular weight is 478 g/mol. The Morgan fingerprint density at radius 3 is 2.49 bits per heavy atom. The number of para-hydroxylation sites is 1. The maximum Gasteiger partial charge on any atom is 0.261 e. The van der Waals surface area contributed by atoms with E-state index in [2.05, 4.69) is 33.8 Å². The van der Waals surface area contributed by atoms with Gasteiger partial charge in [0.15, 0.2) is 0 Å². The number of carbonyl (C=O) groups is 2. The Labute approximate surface area is 207 Å². The van der Waals surface area contributed by atoms with Gasteiger partial charge in [0.1, 0.15) is 11.6 Å². The molecule has 2 aromatic rings. The first-order valence-electron chi connectivity index (χ1n) is 12.0. The second-order valence-electron chi connectivity index (χ2n) is 8.88. The monoisotopic (exact) mass is 477 g/mol. The number of aryl methyl sites for hydroxylation is 1. The first-order chi connectivity index (χ1) is 16.8. The van der Waals surface area contributed by atoms with Crippen molar-refractivity contribution in [2.45, 2.75) is 33.2 Å². The number of hydrogen-bond acceptors (Lipinski definition) is 5. The van der Waals surface area contributed by atoms with Crippen molar-refractivity contribution in [1.29, 1.82) is 5.26 Å². The van der Waals surface area contributed by atoms with E-state index >= 15 is 0 Å².